The first kappa shape index (κ1) is 15.7. The summed E-state index contributed by atoms with van der Waals surface area (Å²) in [5.74, 6) is -0.169. The number of rotatable bonds is 2. The predicted molar refractivity (Wildman–Crippen MR) is 103 cm³/mol. The first-order valence-electron chi connectivity index (χ1n) is 6.64. The van der Waals surface area contributed by atoms with Crippen molar-refractivity contribution in [1.29, 1.82) is 0 Å². The largest absolute Gasteiger partial charge is 0.459 e. The highest BCUT2D eigenvalue weighted by Crippen LogP contribution is 2.30. The quantitative estimate of drug-likeness (QED) is 0.314. The highest BCUT2D eigenvalue weighted by atomic mass is 127. The number of benzene rings is 1. The van der Waals surface area contributed by atoms with Gasteiger partial charge in [0.15, 0.2) is 0 Å². The van der Waals surface area contributed by atoms with Gasteiger partial charge in [0, 0.05) is 22.8 Å². The van der Waals surface area contributed by atoms with E-state index in [2.05, 4.69) is 79.2 Å². The van der Waals surface area contributed by atoms with Gasteiger partial charge in [0.1, 0.15) is 6.10 Å². The average molecular weight is 609 g/mol. The van der Waals surface area contributed by atoms with Gasteiger partial charge in [-0.1, -0.05) is 0 Å². The summed E-state index contributed by atoms with van der Waals surface area (Å²) in [5.41, 5.74) is 0.702. The molecule has 2 heterocycles. The molecule has 20 heavy (non-hydrogen) atoms. The van der Waals surface area contributed by atoms with Crippen LogP contribution in [0, 0.1) is 10.7 Å². The van der Waals surface area contributed by atoms with Crippen molar-refractivity contribution in [3.05, 3.63) is 28.4 Å². The molecule has 2 aliphatic heterocycles. The molecule has 2 saturated heterocycles. The van der Waals surface area contributed by atoms with Gasteiger partial charge in [-0.3, -0.25) is 0 Å². The average Bonchev–Trinajstić information content (AvgIpc) is 2.73. The third-order valence-electron chi connectivity index (χ3n) is 3.92. The highest BCUT2D eigenvalue weighted by Gasteiger charge is 2.35. The molecule has 0 radical (unpaired) electrons. The van der Waals surface area contributed by atoms with E-state index in [-0.39, 0.29) is 12.1 Å². The van der Waals surface area contributed by atoms with Crippen molar-refractivity contribution < 1.29 is 9.53 Å². The molecule has 108 valence electrons. The summed E-state index contributed by atoms with van der Waals surface area (Å²) in [6.07, 6.45) is 4.43. The fourth-order valence-corrected chi connectivity index (χ4v) is 5.40. The number of piperidine rings is 1. The van der Waals surface area contributed by atoms with E-state index < -0.39 is 0 Å². The molecule has 1 aromatic rings. The molecule has 3 nitrogen and oxygen atoms in total. The lowest BCUT2D eigenvalue weighted by molar-refractivity contribution is 0.0176. The molecule has 2 unspecified atom stereocenters. The van der Waals surface area contributed by atoms with Crippen LogP contribution in [0.1, 0.15) is 36.0 Å². The minimum Gasteiger partial charge on any atom is -0.459 e. The zero-order valence-electron chi connectivity index (χ0n) is 10.7. The topological polar surface area (TPSA) is 38.3 Å². The number of ether oxygens (including phenoxy) is 1. The van der Waals surface area contributed by atoms with Crippen LogP contribution < -0.4 is 5.32 Å². The summed E-state index contributed by atoms with van der Waals surface area (Å²) in [5, 5.41) is 3.57. The molecule has 2 aliphatic rings. The number of halogens is 3. The summed E-state index contributed by atoms with van der Waals surface area (Å²) >= 11 is 6.74. The van der Waals surface area contributed by atoms with Gasteiger partial charge in [-0.15, -0.1) is 0 Å². The van der Waals surface area contributed by atoms with Gasteiger partial charge in [-0.25, -0.2) is 4.79 Å². The Balaban J connectivity index is 1.73. The van der Waals surface area contributed by atoms with Crippen molar-refractivity contribution in [2.75, 3.05) is 0 Å². The normalized spacial score (nSPS) is 28.4. The minimum atomic E-state index is -0.169. The summed E-state index contributed by atoms with van der Waals surface area (Å²) < 4.78 is 8.93. The lowest BCUT2D eigenvalue weighted by Gasteiger charge is -2.28. The number of carbonyl (C=O) groups excluding carboxylic acids is 1. The monoisotopic (exact) mass is 609 g/mol. The number of hydrogen-bond acceptors (Lipinski definition) is 3. The molecule has 0 saturated carbocycles. The Morgan fingerprint density at radius 3 is 2.45 bits per heavy atom. The number of fused-ring (bicyclic) bond motifs is 2. The fourth-order valence-electron chi connectivity index (χ4n) is 3.02. The maximum atomic E-state index is 12.4. The van der Waals surface area contributed by atoms with Crippen molar-refractivity contribution in [3.63, 3.8) is 0 Å². The van der Waals surface area contributed by atoms with Gasteiger partial charge in [-0.2, -0.15) is 0 Å². The smallest absolute Gasteiger partial charge is 0.339 e. The Kier molecular flexibility index (Phi) is 5.13. The molecule has 3 rings (SSSR count). The molecule has 6 heteroatoms. The van der Waals surface area contributed by atoms with Crippen LogP contribution in [0.3, 0.4) is 0 Å². The Labute approximate surface area is 159 Å². The van der Waals surface area contributed by atoms with Gasteiger partial charge in [0.2, 0.25) is 0 Å². The summed E-state index contributed by atoms with van der Waals surface area (Å²) in [4.78, 5) is 12.4. The lowest BCUT2D eigenvalue weighted by Crippen LogP contribution is -2.42. The van der Waals surface area contributed by atoms with E-state index in [1.54, 1.807) is 0 Å². The van der Waals surface area contributed by atoms with E-state index in [0.717, 1.165) is 23.6 Å². The maximum absolute atomic E-state index is 12.4. The second-order valence-electron chi connectivity index (χ2n) is 5.39. The van der Waals surface area contributed by atoms with Crippen molar-refractivity contribution >= 4 is 73.7 Å². The Morgan fingerprint density at radius 2 is 1.80 bits per heavy atom. The van der Waals surface area contributed by atoms with E-state index in [4.69, 9.17) is 4.74 Å². The second-order valence-corrected chi connectivity index (χ2v) is 8.87. The maximum Gasteiger partial charge on any atom is 0.339 e. The van der Waals surface area contributed by atoms with Crippen LogP contribution in [0.4, 0.5) is 0 Å². The Hall–Kier alpha value is 0.840. The number of esters is 1. The highest BCUT2D eigenvalue weighted by molar-refractivity contribution is 14.1. The van der Waals surface area contributed by atoms with Crippen molar-refractivity contribution in [3.8, 4) is 0 Å². The Morgan fingerprint density at radius 1 is 1.15 bits per heavy atom. The van der Waals surface area contributed by atoms with E-state index >= 15 is 0 Å². The van der Waals surface area contributed by atoms with E-state index in [9.17, 15) is 4.79 Å². The molecule has 0 spiro atoms. The minimum absolute atomic E-state index is 0.0765. The molecule has 1 aromatic carbocycles. The first-order chi connectivity index (χ1) is 9.52. The molecule has 0 aromatic heterocycles. The summed E-state index contributed by atoms with van der Waals surface area (Å²) in [6.45, 7) is 0. The van der Waals surface area contributed by atoms with Crippen LogP contribution in [0.25, 0.3) is 0 Å². The van der Waals surface area contributed by atoms with Crippen LogP contribution in [-0.4, -0.2) is 24.2 Å². The SMILES string of the molecule is O=C(OC1CC2CCC(C1)N2)c1cc(I)cc(I)c1I. The van der Waals surface area contributed by atoms with E-state index in [1.807, 2.05) is 6.07 Å². The van der Waals surface area contributed by atoms with Gasteiger partial charge in [0.05, 0.1) is 5.56 Å². The zero-order chi connectivity index (χ0) is 14.3. The predicted octanol–water partition coefficient (Wildman–Crippen LogP) is 3.94. The summed E-state index contributed by atoms with van der Waals surface area (Å²) in [7, 11) is 0. The molecule has 1 N–H and O–H groups in total. The number of carbonyl (C=O) groups is 1. The number of hydrogen-bond donors (Lipinski definition) is 1. The zero-order valence-corrected chi connectivity index (χ0v) is 17.1. The first-order valence-corrected chi connectivity index (χ1v) is 9.88. The number of nitrogens with one attached hydrogen (secondary N) is 1. The molecule has 2 atom stereocenters. The summed E-state index contributed by atoms with van der Waals surface area (Å²) in [6, 6.07) is 5.08. The van der Waals surface area contributed by atoms with E-state index in [0.29, 0.717) is 17.6 Å². The molecule has 0 aliphatic carbocycles. The van der Waals surface area contributed by atoms with E-state index in [1.165, 1.54) is 12.8 Å². The van der Waals surface area contributed by atoms with Crippen LogP contribution in [0.2, 0.25) is 0 Å². The van der Waals surface area contributed by atoms with Gasteiger partial charge < -0.3 is 10.1 Å². The molecule has 0 amide bonds. The molecular weight excluding hydrogens is 595 g/mol. The van der Waals surface area contributed by atoms with Gasteiger partial charge in [0.25, 0.3) is 0 Å². The van der Waals surface area contributed by atoms with Crippen LogP contribution >= 0.6 is 67.8 Å². The fraction of sp³-hybridized carbons (Fsp3) is 0.500. The van der Waals surface area contributed by atoms with Crippen LogP contribution in [0.5, 0.6) is 0 Å². The van der Waals surface area contributed by atoms with Crippen molar-refractivity contribution in [2.45, 2.75) is 43.9 Å². The lowest BCUT2D eigenvalue weighted by atomic mass is 10.0. The van der Waals surface area contributed by atoms with Crippen molar-refractivity contribution in [1.82, 2.24) is 5.32 Å². The van der Waals surface area contributed by atoms with Gasteiger partial charge in [-0.05, 0) is 106 Å². The third-order valence-corrected chi connectivity index (χ3v) is 7.58. The second kappa shape index (κ2) is 6.53. The van der Waals surface area contributed by atoms with Gasteiger partial charge >= 0.3 is 5.97 Å². The standard InChI is InChI=1S/C14H14I3NO2/c15-7-3-11(13(17)12(16)4-7)14(19)20-10-5-8-1-2-9(6-10)18-8/h3-4,8-10,18H,1-2,5-6H2. The Bertz CT molecular complexity index is 537. The molecule has 2 bridgehead atoms. The van der Waals surface area contributed by atoms with Crippen LogP contribution in [0.15, 0.2) is 12.1 Å². The molecule has 2 fully saturated rings. The third kappa shape index (κ3) is 3.43. The van der Waals surface area contributed by atoms with Crippen molar-refractivity contribution in [2.24, 2.45) is 0 Å². The van der Waals surface area contributed by atoms with Crippen LogP contribution in [-0.2, 0) is 4.74 Å². The molecular formula is C14H14I3NO2.